The van der Waals surface area contributed by atoms with Crippen LogP contribution in [0.1, 0.15) is 12.0 Å². The molecule has 1 fully saturated rings. The van der Waals surface area contributed by atoms with Gasteiger partial charge in [-0.2, -0.15) is 0 Å². The summed E-state index contributed by atoms with van der Waals surface area (Å²) in [5.41, 5.74) is 1.04. The Balaban J connectivity index is 1.78. The van der Waals surface area contributed by atoms with Crippen LogP contribution in [0.3, 0.4) is 0 Å². The van der Waals surface area contributed by atoms with Crippen molar-refractivity contribution >= 4 is 16.1 Å². The molecule has 2 amide bonds. The molecule has 2 rings (SSSR count). The van der Waals surface area contributed by atoms with Crippen molar-refractivity contribution in [2.45, 2.75) is 13.0 Å². The third-order valence-corrected chi connectivity index (χ3v) is 5.52. The second-order valence-electron chi connectivity index (χ2n) is 6.00. The van der Waals surface area contributed by atoms with Gasteiger partial charge >= 0.3 is 6.03 Å². The summed E-state index contributed by atoms with van der Waals surface area (Å²) < 4.78 is 37.9. The van der Waals surface area contributed by atoms with Gasteiger partial charge in [0.1, 0.15) is 5.82 Å². The maximum atomic E-state index is 13.0. The molecule has 0 atom stereocenters. The molecule has 9 heteroatoms. The van der Waals surface area contributed by atoms with Crippen molar-refractivity contribution in [1.82, 2.24) is 19.8 Å². The van der Waals surface area contributed by atoms with Gasteiger partial charge in [0.25, 0.3) is 0 Å². The smallest absolute Gasteiger partial charge is 0.317 e. The highest BCUT2D eigenvalue weighted by Gasteiger charge is 2.19. The van der Waals surface area contributed by atoms with Crippen molar-refractivity contribution in [1.29, 1.82) is 0 Å². The molecule has 7 nitrogen and oxygen atoms in total. The second kappa shape index (κ2) is 9.12. The van der Waals surface area contributed by atoms with E-state index < -0.39 is 10.0 Å². The zero-order chi connectivity index (χ0) is 18.3. The summed E-state index contributed by atoms with van der Waals surface area (Å²) >= 11 is 0. The molecule has 1 saturated heterocycles. The van der Waals surface area contributed by atoms with E-state index in [0.29, 0.717) is 13.1 Å². The fourth-order valence-corrected chi connectivity index (χ4v) is 3.26. The Morgan fingerprint density at radius 3 is 2.56 bits per heavy atom. The number of hydrogen-bond acceptors (Lipinski definition) is 4. The minimum absolute atomic E-state index is 0.0812. The minimum atomic E-state index is -3.32. The van der Waals surface area contributed by atoms with Crippen LogP contribution in [0.2, 0.25) is 0 Å². The fourth-order valence-electron chi connectivity index (χ4n) is 2.69. The average Bonchev–Trinajstić information content (AvgIpc) is 2.82. The number of sulfonamides is 1. The number of urea groups is 1. The molecule has 1 heterocycles. The van der Waals surface area contributed by atoms with Crippen molar-refractivity contribution in [2.75, 3.05) is 45.5 Å². The van der Waals surface area contributed by atoms with E-state index in [2.05, 4.69) is 14.9 Å². The van der Waals surface area contributed by atoms with E-state index in [1.54, 1.807) is 17.0 Å². The van der Waals surface area contributed by atoms with Crippen molar-refractivity contribution in [3.63, 3.8) is 0 Å². The predicted octanol–water partition coefficient (Wildman–Crippen LogP) is 0.592. The number of carbonyl (C=O) groups is 1. The molecular weight excluding hydrogens is 347 g/mol. The maximum Gasteiger partial charge on any atom is 0.317 e. The van der Waals surface area contributed by atoms with Gasteiger partial charge in [-0.05, 0) is 31.2 Å². The Bertz CT molecular complexity index is 666. The summed E-state index contributed by atoms with van der Waals surface area (Å²) in [6.45, 7) is 3.58. The summed E-state index contributed by atoms with van der Waals surface area (Å²) in [6.07, 6.45) is 0.837. The SMILES string of the molecule is CNS(=O)(=O)CCNC(=O)N1CCCN(Cc2ccc(F)cc2)CC1. The van der Waals surface area contributed by atoms with Crippen molar-refractivity contribution in [3.05, 3.63) is 35.6 Å². The highest BCUT2D eigenvalue weighted by Crippen LogP contribution is 2.10. The Kier molecular flexibility index (Phi) is 7.15. The molecule has 0 spiro atoms. The van der Waals surface area contributed by atoms with E-state index in [-0.39, 0.29) is 24.1 Å². The number of amides is 2. The summed E-state index contributed by atoms with van der Waals surface area (Å²) in [5, 5.41) is 2.65. The van der Waals surface area contributed by atoms with E-state index in [0.717, 1.165) is 31.6 Å². The summed E-state index contributed by atoms with van der Waals surface area (Å²) in [6, 6.07) is 6.20. The van der Waals surface area contributed by atoms with Crippen LogP contribution in [0.4, 0.5) is 9.18 Å². The average molecular weight is 372 g/mol. The van der Waals surface area contributed by atoms with E-state index in [4.69, 9.17) is 0 Å². The van der Waals surface area contributed by atoms with Crippen LogP contribution in [0.5, 0.6) is 0 Å². The van der Waals surface area contributed by atoms with Crippen LogP contribution in [0.15, 0.2) is 24.3 Å². The molecule has 0 radical (unpaired) electrons. The Hall–Kier alpha value is -1.71. The third kappa shape index (κ3) is 6.60. The van der Waals surface area contributed by atoms with Crippen molar-refractivity contribution in [3.8, 4) is 0 Å². The van der Waals surface area contributed by atoms with E-state index in [1.165, 1.54) is 19.2 Å². The van der Waals surface area contributed by atoms with Gasteiger partial charge in [-0.3, -0.25) is 4.90 Å². The van der Waals surface area contributed by atoms with Gasteiger partial charge in [-0.15, -0.1) is 0 Å². The zero-order valence-electron chi connectivity index (χ0n) is 14.4. The minimum Gasteiger partial charge on any atom is -0.337 e. The van der Waals surface area contributed by atoms with Gasteiger partial charge in [-0.1, -0.05) is 12.1 Å². The molecule has 140 valence electrons. The van der Waals surface area contributed by atoms with E-state index in [1.807, 2.05) is 0 Å². The van der Waals surface area contributed by atoms with Crippen LogP contribution >= 0.6 is 0 Å². The number of nitrogens with zero attached hydrogens (tertiary/aromatic N) is 2. The lowest BCUT2D eigenvalue weighted by molar-refractivity contribution is 0.198. The van der Waals surface area contributed by atoms with Gasteiger partial charge in [0, 0.05) is 39.3 Å². The summed E-state index contributed by atoms with van der Waals surface area (Å²) in [5.74, 6) is -0.387. The van der Waals surface area contributed by atoms with E-state index >= 15 is 0 Å². The predicted molar refractivity (Wildman–Crippen MR) is 94.1 cm³/mol. The lowest BCUT2D eigenvalue weighted by atomic mass is 10.2. The summed E-state index contributed by atoms with van der Waals surface area (Å²) in [7, 11) is -1.97. The van der Waals surface area contributed by atoms with Gasteiger partial charge < -0.3 is 10.2 Å². The highest BCUT2D eigenvalue weighted by atomic mass is 32.2. The Morgan fingerprint density at radius 1 is 1.16 bits per heavy atom. The third-order valence-electron chi connectivity index (χ3n) is 4.15. The molecule has 0 unspecified atom stereocenters. The lowest BCUT2D eigenvalue weighted by Gasteiger charge is -2.22. The first-order valence-electron chi connectivity index (χ1n) is 8.30. The molecule has 1 aromatic rings. The standard InChI is InChI=1S/C16H25FN4O3S/c1-18-25(23,24)12-7-19-16(22)21-9-2-8-20(10-11-21)13-14-3-5-15(17)6-4-14/h3-6,18H,2,7-13H2,1H3,(H,19,22). The van der Waals surface area contributed by atoms with Crippen LogP contribution in [-0.2, 0) is 16.6 Å². The number of carbonyl (C=O) groups excluding carboxylic acids is 1. The zero-order valence-corrected chi connectivity index (χ0v) is 15.2. The first-order chi connectivity index (χ1) is 11.9. The number of hydrogen-bond donors (Lipinski definition) is 2. The Morgan fingerprint density at radius 2 is 1.88 bits per heavy atom. The molecule has 1 aliphatic heterocycles. The maximum absolute atomic E-state index is 13.0. The van der Waals surface area contributed by atoms with Crippen LogP contribution in [0.25, 0.3) is 0 Å². The quantitative estimate of drug-likeness (QED) is 0.766. The number of halogens is 1. The summed E-state index contributed by atoms with van der Waals surface area (Å²) in [4.78, 5) is 16.1. The topological polar surface area (TPSA) is 81.8 Å². The largest absolute Gasteiger partial charge is 0.337 e. The van der Waals surface area contributed by atoms with Crippen molar-refractivity contribution < 1.29 is 17.6 Å². The lowest BCUT2D eigenvalue weighted by Crippen LogP contribution is -2.44. The van der Waals surface area contributed by atoms with Gasteiger partial charge in [-0.25, -0.2) is 22.3 Å². The first kappa shape index (κ1) is 19.6. The molecule has 2 N–H and O–H groups in total. The van der Waals surface area contributed by atoms with E-state index in [9.17, 15) is 17.6 Å². The molecule has 0 aliphatic carbocycles. The normalized spacial score (nSPS) is 16.5. The molecule has 1 aromatic carbocycles. The van der Waals surface area contributed by atoms with Gasteiger partial charge in [0.2, 0.25) is 10.0 Å². The number of benzene rings is 1. The highest BCUT2D eigenvalue weighted by molar-refractivity contribution is 7.89. The molecule has 0 bridgehead atoms. The van der Waals surface area contributed by atoms with Crippen molar-refractivity contribution in [2.24, 2.45) is 0 Å². The van der Waals surface area contributed by atoms with Crippen LogP contribution < -0.4 is 10.0 Å². The molecule has 1 aliphatic rings. The molecule has 0 aromatic heterocycles. The van der Waals surface area contributed by atoms with Gasteiger partial charge in [0.05, 0.1) is 5.75 Å². The Labute approximate surface area is 148 Å². The van der Waals surface area contributed by atoms with Crippen LogP contribution in [0, 0.1) is 5.82 Å². The van der Waals surface area contributed by atoms with Gasteiger partial charge in [0.15, 0.2) is 0 Å². The number of rotatable bonds is 6. The fraction of sp³-hybridized carbons (Fsp3) is 0.562. The molecule has 25 heavy (non-hydrogen) atoms. The molecular formula is C16H25FN4O3S. The second-order valence-corrected chi connectivity index (χ2v) is 8.04. The molecule has 0 saturated carbocycles. The number of nitrogens with one attached hydrogen (secondary N) is 2. The monoisotopic (exact) mass is 372 g/mol. The first-order valence-corrected chi connectivity index (χ1v) is 9.95. The van der Waals surface area contributed by atoms with Crippen LogP contribution in [-0.4, -0.2) is 69.8 Å².